The Morgan fingerprint density at radius 3 is 2.39 bits per heavy atom. The van der Waals surface area contributed by atoms with Crippen LogP contribution in [-0.2, 0) is 16.0 Å². The van der Waals surface area contributed by atoms with Crippen LogP contribution < -0.4 is 10.2 Å². The van der Waals surface area contributed by atoms with E-state index in [0.29, 0.717) is 0 Å². The van der Waals surface area contributed by atoms with Crippen LogP contribution in [0.2, 0.25) is 0 Å². The molecule has 0 unspecified atom stereocenters. The number of halogens is 3. The Balaban J connectivity index is 2.24. The summed E-state index contributed by atoms with van der Waals surface area (Å²) in [5, 5.41) is 31.5. The van der Waals surface area contributed by atoms with Crippen LogP contribution in [0.5, 0.6) is 0 Å². The molecule has 2 N–H and O–H groups in total. The Morgan fingerprint density at radius 2 is 1.84 bits per heavy atom. The highest BCUT2D eigenvalue weighted by molar-refractivity contribution is 7.90. The third-order valence-corrected chi connectivity index (χ3v) is 6.93. The lowest BCUT2D eigenvalue weighted by Gasteiger charge is -2.42. The summed E-state index contributed by atoms with van der Waals surface area (Å²) in [6.07, 6.45) is -2.46. The molecular weight excluding hydrogens is 523 g/mol. The lowest BCUT2D eigenvalue weighted by atomic mass is 9.95. The number of aliphatic hydroxyl groups is 1. The van der Waals surface area contributed by atoms with E-state index in [4.69, 9.17) is 0 Å². The first-order chi connectivity index (χ1) is 17.6. The molecule has 0 saturated heterocycles. The predicted octanol–water partition coefficient (Wildman–Crippen LogP) is 3.69. The van der Waals surface area contributed by atoms with Gasteiger partial charge in [0.15, 0.2) is 9.84 Å². The fourth-order valence-electron chi connectivity index (χ4n) is 3.87. The van der Waals surface area contributed by atoms with Gasteiger partial charge in [0.2, 0.25) is 0 Å². The van der Waals surface area contributed by atoms with E-state index in [1.165, 1.54) is 49.2 Å². The smallest absolute Gasteiger partial charge is 0.394 e. The highest BCUT2D eigenvalue weighted by Gasteiger charge is 2.39. The van der Waals surface area contributed by atoms with Gasteiger partial charge in [-0.3, -0.25) is 4.90 Å². The maximum absolute atomic E-state index is 13.5. The van der Waals surface area contributed by atoms with Crippen LogP contribution in [0.25, 0.3) is 0 Å². The van der Waals surface area contributed by atoms with Gasteiger partial charge in [0.05, 0.1) is 58.6 Å². The van der Waals surface area contributed by atoms with Crippen LogP contribution in [-0.4, -0.2) is 49.5 Å². The first-order valence-electron chi connectivity index (χ1n) is 11.1. The third-order valence-electron chi connectivity index (χ3n) is 5.78. The summed E-state index contributed by atoms with van der Waals surface area (Å²) in [7, 11) is -3.95. The molecule has 2 aromatic rings. The zero-order valence-electron chi connectivity index (χ0n) is 20.6. The first kappa shape index (κ1) is 28.5. The quantitative estimate of drug-likeness (QED) is 0.582. The molecule has 0 radical (unpaired) electrons. The van der Waals surface area contributed by atoms with Crippen LogP contribution in [0.4, 0.5) is 23.7 Å². The second-order valence-corrected chi connectivity index (χ2v) is 11.3. The second-order valence-electron chi connectivity index (χ2n) is 9.34. The summed E-state index contributed by atoms with van der Waals surface area (Å²) in [6.45, 7) is 2.23. The number of hydrogen-bond acceptors (Lipinski definition) is 7. The Hall–Kier alpha value is -4.07. The molecule has 1 heterocycles. The minimum Gasteiger partial charge on any atom is -0.394 e. The van der Waals surface area contributed by atoms with Crippen molar-refractivity contribution in [3.8, 4) is 12.1 Å². The van der Waals surface area contributed by atoms with Crippen molar-refractivity contribution >= 4 is 21.6 Å². The average molecular weight is 548 g/mol. The number of carbonyl (C=O) groups excluding carboxylic acids is 1. The number of carbonyl (C=O) groups is 1. The van der Waals surface area contributed by atoms with Gasteiger partial charge in [-0.05, 0) is 49.7 Å². The molecule has 200 valence electrons. The van der Waals surface area contributed by atoms with Crippen LogP contribution in [0.3, 0.4) is 0 Å². The van der Waals surface area contributed by atoms with Gasteiger partial charge in [0, 0.05) is 18.1 Å². The van der Waals surface area contributed by atoms with Gasteiger partial charge >= 0.3 is 12.2 Å². The molecule has 2 aromatic carbocycles. The number of aliphatic hydroxyl groups excluding tert-OH is 1. The van der Waals surface area contributed by atoms with Crippen molar-refractivity contribution in [2.24, 2.45) is 0 Å². The summed E-state index contributed by atoms with van der Waals surface area (Å²) in [5.41, 5.74) is -2.10. The molecule has 13 heteroatoms. The monoisotopic (exact) mass is 547 g/mol. The molecule has 1 atom stereocenters. The van der Waals surface area contributed by atoms with E-state index in [0.717, 1.165) is 29.4 Å². The van der Waals surface area contributed by atoms with Crippen LogP contribution in [0.15, 0.2) is 59.1 Å². The molecule has 0 bridgehead atoms. The molecule has 1 aliphatic heterocycles. The Morgan fingerprint density at radius 1 is 1.16 bits per heavy atom. The zero-order chi connectivity index (χ0) is 28.5. The molecule has 1 aliphatic rings. The number of urea groups is 1. The third kappa shape index (κ3) is 6.07. The number of amides is 2. The Kier molecular flexibility index (Phi) is 7.77. The topological polar surface area (TPSA) is 138 Å². The summed E-state index contributed by atoms with van der Waals surface area (Å²) >= 11 is 0. The normalized spacial score (nSPS) is 16.3. The number of rotatable bonds is 5. The van der Waals surface area contributed by atoms with Crippen molar-refractivity contribution in [1.82, 2.24) is 10.2 Å². The standard InChI is InChI=1S/C25H24F3N5O4S/c1-24(2,14-34)31-23(35)33-15-32(19-6-4-5-18(10-19)25(26,27)28)13-17(12-30)22(33)20-8-7-16(11-29)9-21(20)38(3,36)37/h4-10,13,22,34H,14-15H2,1-3H3,(H,31,35)/t22-/m0/s1. The van der Waals surface area contributed by atoms with E-state index in [1.807, 2.05) is 12.1 Å². The van der Waals surface area contributed by atoms with E-state index in [-0.39, 0.29) is 34.0 Å². The molecule has 0 spiro atoms. The molecule has 0 aliphatic carbocycles. The molecule has 3 rings (SSSR count). The van der Waals surface area contributed by atoms with E-state index >= 15 is 0 Å². The van der Waals surface area contributed by atoms with Crippen LogP contribution >= 0.6 is 0 Å². The number of anilines is 1. The van der Waals surface area contributed by atoms with Gasteiger partial charge < -0.3 is 15.3 Å². The van der Waals surface area contributed by atoms with E-state index in [9.17, 15) is 42.0 Å². The minimum absolute atomic E-state index is 0.0277. The van der Waals surface area contributed by atoms with E-state index in [2.05, 4.69) is 5.32 Å². The van der Waals surface area contributed by atoms with E-state index < -0.39 is 45.8 Å². The maximum Gasteiger partial charge on any atom is 0.416 e. The predicted molar refractivity (Wildman–Crippen MR) is 131 cm³/mol. The van der Waals surface area contributed by atoms with Crippen molar-refractivity contribution in [1.29, 1.82) is 10.5 Å². The number of benzene rings is 2. The van der Waals surface area contributed by atoms with Crippen molar-refractivity contribution in [2.75, 3.05) is 24.4 Å². The summed E-state index contributed by atoms with van der Waals surface area (Å²) in [6, 6.07) is 9.80. The zero-order valence-corrected chi connectivity index (χ0v) is 21.4. The second kappa shape index (κ2) is 10.4. The first-order valence-corrected chi connectivity index (χ1v) is 13.0. The number of nitrogens with zero attached hydrogens (tertiary/aromatic N) is 4. The van der Waals surface area contributed by atoms with Gasteiger partial charge in [-0.2, -0.15) is 23.7 Å². The van der Waals surface area contributed by atoms with Crippen LogP contribution in [0.1, 0.15) is 36.6 Å². The highest BCUT2D eigenvalue weighted by atomic mass is 32.2. The molecule has 38 heavy (non-hydrogen) atoms. The number of nitrogens with one attached hydrogen (secondary N) is 1. The van der Waals surface area contributed by atoms with Crippen molar-refractivity contribution in [2.45, 2.75) is 36.5 Å². The van der Waals surface area contributed by atoms with Gasteiger partial charge in [0.25, 0.3) is 0 Å². The molecular formula is C25H24F3N5O4S. The van der Waals surface area contributed by atoms with Crippen molar-refractivity contribution < 1.29 is 31.5 Å². The molecule has 0 aromatic heterocycles. The largest absolute Gasteiger partial charge is 0.416 e. The number of nitriles is 2. The summed E-state index contributed by atoms with van der Waals surface area (Å²) in [5.74, 6) is 0. The fourth-order valence-corrected chi connectivity index (χ4v) is 4.82. The van der Waals surface area contributed by atoms with Gasteiger partial charge in [-0.15, -0.1) is 0 Å². The van der Waals surface area contributed by atoms with Gasteiger partial charge in [0.1, 0.15) is 0 Å². The number of sulfone groups is 1. The van der Waals surface area contributed by atoms with Crippen molar-refractivity contribution in [3.63, 3.8) is 0 Å². The lowest BCUT2D eigenvalue weighted by molar-refractivity contribution is -0.137. The van der Waals surface area contributed by atoms with Crippen molar-refractivity contribution in [3.05, 3.63) is 70.9 Å². The van der Waals surface area contributed by atoms with E-state index in [1.54, 1.807) is 0 Å². The summed E-state index contributed by atoms with van der Waals surface area (Å²) in [4.78, 5) is 15.5. The SMILES string of the molecule is CC(C)(CO)NC(=O)N1CN(c2cccc(C(F)(F)F)c2)C=C(C#N)[C@H]1c1ccc(C#N)cc1S(C)(=O)=O. The van der Waals surface area contributed by atoms with Gasteiger partial charge in [-0.25, -0.2) is 13.2 Å². The molecule has 0 fully saturated rings. The fraction of sp³-hybridized carbons (Fsp3) is 0.320. The number of alkyl halides is 3. The number of hydrogen-bond donors (Lipinski definition) is 2. The van der Waals surface area contributed by atoms with Crippen LogP contribution in [0, 0.1) is 22.7 Å². The molecule has 0 saturated carbocycles. The Bertz CT molecular complexity index is 1470. The minimum atomic E-state index is -4.63. The Labute approximate surface area is 217 Å². The van der Waals surface area contributed by atoms with Gasteiger partial charge in [-0.1, -0.05) is 12.1 Å². The maximum atomic E-state index is 13.5. The lowest BCUT2D eigenvalue weighted by Crippen LogP contribution is -2.56. The molecule has 2 amide bonds. The summed E-state index contributed by atoms with van der Waals surface area (Å²) < 4.78 is 65.3. The molecule has 9 nitrogen and oxygen atoms in total. The highest BCUT2D eigenvalue weighted by Crippen LogP contribution is 2.39. The average Bonchev–Trinajstić information content (AvgIpc) is 2.86.